The Bertz CT molecular complexity index is 1480. The maximum Gasteiger partial charge on any atom is 0.257 e. The third-order valence-corrected chi connectivity index (χ3v) is 5.17. The number of benzene rings is 1. The maximum absolute atomic E-state index is 12.9. The molecule has 0 bridgehead atoms. The molecule has 3 heterocycles. The summed E-state index contributed by atoms with van der Waals surface area (Å²) in [4.78, 5) is 30.0. The van der Waals surface area contributed by atoms with Crippen LogP contribution in [0.1, 0.15) is 34.3 Å². The van der Waals surface area contributed by atoms with E-state index in [0.717, 1.165) is 18.4 Å². The van der Waals surface area contributed by atoms with Crippen LogP contribution in [0.3, 0.4) is 0 Å². The van der Waals surface area contributed by atoms with E-state index in [9.17, 15) is 14.8 Å². The molecular weight excluding hydrogens is 436 g/mol. The zero-order valence-corrected chi connectivity index (χ0v) is 18.0. The van der Waals surface area contributed by atoms with Gasteiger partial charge in [0.2, 0.25) is 5.43 Å². The number of nitrogens with zero attached hydrogens (tertiary/aromatic N) is 3. The van der Waals surface area contributed by atoms with Crippen molar-refractivity contribution >= 4 is 16.9 Å². The van der Waals surface area contributed by atoms with Crippen molar-refractivity contribution in [2.45, 2.75) is 18.9 Å². The van der Waals surface area contributed by atoms with Crippen molar-refractivity contribution in [3.63, 3.8) is 0 Å². The molecule has 34 heavy (non-hydrogen) atoms. The number of hydrogen-bond acceptors (Lipinski definition) is 4. The van der Waals surface area contributed by atoms with E-state index < -0.39 is 0 Å². The number of nitrogens with one attached hydrogen (secondary N) is 1. The van der Waals surface area contributed by atoms with Gasteiger partial charge in [0.25, 0.3) is 5.91 Å². The van der Waals surface area contributed by atoms with Crippen LogP contribution in [0.4, 0.5) is 0 Å². The maximum atomic E-state index is 12.9. The number of aromatic nitrogens is 3. The number of fused-ring (bicyclic) bond motifs is 1. The SMILES string of the molecule is O.O.O=C(NC1CC1)c1cn(-c2cccc(C#Cc3ccc[n+]([O-])c3)c2)c2ncccc2c1=O. The molecule has 4 aromatic rings. The van der Waals surface area contributed by atoms with E-state index in [-0.39, 0.29) is 33.9 Å². The molecule has 1 amide bonds. The fourth-order valence-electron chi connectivity index (χ4n) is 3.42. The lowest BCUT2D eigenvalue weighted by Gasteiger charge is -2.13. The number of carbonyl (C=O) groups is 1. The fourth-order valence-corrected chi connectivity index (χ4v) is 3.42. The number of carbonyl (C=O) groups excluding carboxylic acids is 1. The minimum atomic E-state index is -0.372. The van der Waals surface area contributed by atoms with Crippen molar-refractivity contribution in [1.82, 2.24) is 14.9 Å². The van der Waals surface area contributed by atoms with Crippen LogP contribution >= 0.6 is 0 Å². The second kappa shape index (κ2) is 9.95. The van der Waals surface area contributed by atoms with E-state index in [4.69, 9.17) is 0 Å². The summed E-state index contributed by atoms with van der Waals surface area (Å²) in [6.45, 7) is 0. The normalized spacial score (nSPS) is 12.0. The Balaban J connectivity index is 0.00000162. The first kappa shape index (κ1) is 24.1. The largest absolute Gasteiger partial charge is 0.619 e. The van der Waals surface area contributed by atoms with E-state index in [2.05, 4.69) is 22.1 Å². The van der Waals surface area contributed by atoms with Crippen molar-refractivity contribution in [2.75, 3.05) is 0 Å². The zero-order valence-electron chi connectivity index (χ0n) is 18.0. The number of amides is 1. The molecule has 9 nitrogen and oxygen atoms in total. The third-order valence-electron chi connectivity index (χ3n) is 5.17. The quantitative estimate of drug-likeness (QED) is 0.272. The van der Waals surface area contributed by atoms with Gasteiger partial charge < -0.3 is 26.0 Å². The molecule has 0 radical (unpaired) electrons. The summed E-state index contributed by atoms with van der Waals surface area (Å²) < 4.78 is 2.44. The smallest absolute Gasteiger partial charge is 0.257 e. The van der Waals surface area contributed by atoms with E-state index in [0.29, 0.717) is 27.0 Å². The molecule has 0 spiro atoms. The summed E-state index contributed by atoms with van der Waals surface area (Å²) in [5.74, 6) is 5.66. The molecule has 1 aliphatic rings. The highest BCUT2D eigenvalue weighted by Crippen LogP contribution is 2.20. The van der Waals surface area contributed by atoms with E-state index in [1.165, 1.54) is 12.4 Å². The van der Waals surface area contributed by atoms with Crippen LogP contribution in [0.25, 0.3) is 16.7 Å². The molecule has 5 rings (SSSR count). The lowest BCUT2D eigenvalue weighted by molar-refractivity contribution is -0.605. The van der Waals surface area contributed by atoms with Crippen LogP contribution in [-0.2, 0) is 0 Å². The van der Waals surface area contributed by atoms with Crippen molar-refractivity contribution in [2.24, 2.45) is 0 Å². The van der Waals surface area contributed by atoms with Gasteiger partial charge in [-0.1, -0.05) is 17.9 Å². The van der Waals surface area contributed by atoms with E-state index >= 15 is 0 Å². The summed E-state index contributed by atoms with van der Waals surface area (Å²) in [5, 5.41) is 14.7. The highest BCUT2D eigenvalue weighted by atomic mass is 16.5. The summed E-state index contributed by atoms with van der Waals surface area (Å²) in [6.07, 6.45) is 7.82. The lowest BCUT2D eigenvalue weighted by Crippen LogP contribution is -2.31. The monoisotopic (exact) mass is 458 g/mol. The number of rotatable bonds is 3. The van der Waals surface area contributed by atoms with Gasteiger partial charge in [-0.15, -0.1) is 0 Å². The molecule has 0 unspecified atom stereocenters. The van der Waals surface area contributed by atoms with Crippen LogP contribution in [-0.4, -0.2) is 32.5 Å². The van der Waals surface area contributed by atoms with Crippen LogP contribution < -0.4 is 15.5 Å². The highest BCUT2D eigenvalue weighted by molar-refractivity contribution is 5.97. The predicted molar refractivity (Wildman–Crippen MR) is 126 cm³/mol. The summed E-state index contributed by atoms with van der Waals surface area (Å²) in [7, 11) is 0. The average molecular weight is 458 g/mol. The molecule has 3 aromatic heterocycles. The third kappa shape index (κ3) is 4.94. The average Bonchev–Trinajstić information content (AvgIpc) is 3.62. The van der Waals surface area contributed by atoms with Crippen LogP contribution in [0.15, 0.2) is 78.1 Å². The molecule has 1 aromatic carbocycles. The van der Waals surface area contributed by atoms with Crippen LogP contribution in [0, 0.1) is 17.0 Å². The predicted octanol–water partition coefficient (Wildman–Crippen LogP) is 0.662. The summed E-state index contributed by atoms with van der Waals surface area (Å²) >= 11 is 0. The lowest BCUT2D eigenvalue weighted by atomic mass is 10.1. The molecule has 0 saturated heterocycles. The second-order valence-corrected chi connectivity index (χ2v) is 7.62. The van der Waals surface area contributed by atoms with E-state index in [1.54, 1.807) is 41.2 Å². The first-order valence-corrected chi connectivity index (χ1v) is 10.2. The Kier molecular flexibility index (Phi) is 7.06. The Morgan fingerprint density at radius 2 is 1.85 bits per heavy atom. The fraction of sp³-hybridized carbons (Fsp3) is 0.120. The standard InChI is InChI=1S/C25H18N4O3.2H2O/c30-23-21-7-2-12-26-24(21)29(16-22(23)25(31)27-19-10-11-19)20-6-1-4-17(14-20)8-9-18-5-3-13-28(32)15-18;;/h1-7,12-16,19H,10-11H2,(H,27,31);2*1H2. The Morgan fingerprint density at radius 1 is 1.09 bits per heavy atom. The molecule has 1 saturated carbocycles. The highest BCUT2D eigenvalue weighted by Gasteiger charge is 2.26. The van der Waals surface area contributed by atoms with Crippen molar-refractivity contribution in [1.29, 1.82) is 0 Å². The van der Waals surface area contributed by atoms with Crippen LogP contribution in [0.5, 0.6) is 0 Å². The van der Waals surface area contributed by atoms with Gasteiger partial charge >= 0.3 is 0 Å². The Morgan fingerprint density at radius 3 is 2.62 bits per heavy atom. The van der Waals surface area contributed by atoms with Gasteiger partial charge in [-0.3, -0.25) is 9.59 Å². The van der Waals surface area contributed by atoms with Gasteiger partial charge in [-0.05, 0) is 49.2 Å². The molecule has 1 aliphatic carbocycles. The molecule has 5 N–H and O–H groups in total. The summed E-state index contributed by atoms with van der Waals surface area (Å²) in [5.41, 5.74) is 2.23. The van der Waals surface area contributed by atoms with Gasteiger partial charge in [0.15, 0.2) is 12.4 Å². The van der Waals surface area contributed by atoms with Gasteiger partial charge in [-0.25, -0.2) is 4.98 Å². The van der Waals surface area contributed by atoms with Gasteiger partial charge in [0.05, 0.1) is 10.9 Å². The molecule has 0 aliphatic heterocycles. The molecule has 1 fully saturated rings. The Labute approximate surface area is 194 Å². The first-order valence-electron chi connectivity index (χ1n) is 10.2. The number of hydrogen-bond donors (Lipinski definition) is 1. The van der Waals surface area contributed by atoms with E-state index in [1.807, 2.05) is 24.3 Å². The Hall–Kier alpha value is -4.52. The van der Waals surface area contributed by atoms with Crippen molar-refractivity contribution < 1.29 is 20.5 Å². The molecular formula is C25H22N4O5. The number of pyridine rings is 3. The first-order chi connectivity index (χ1) is 15.6. The van der Waals surface area contributed by atoms with Crippen LogP contribution in [0.2, 0.25) is 0 Å². The van der Waals surface area contributed by atoms with Gasteiger partial charge in [-0.2, -0.15) is 4.73 Å². The second-order valence-electron chi connectivity index (χ2n) is 7.62. The van der Waals surface area contributed by atoms with Crippen molar-refractivity contribution in [3.05, 3.63) is 105 Å². The minimum absolute atomic E-state index is 0. The minimum Gasteiger partial charge on any atom is -0.619 e. The molecule has 9 heteroatoms. The van der Waals surface area contributed by atoms with Gasteiger partial charge in [0.1, 0.15) is 11.2 Å². The zero-order chi connectivity index (χ0) is 22.1. The van der Waals surface area contributed by atoms with Gasteiger partial charge in [0, 0.05) is 35.8 Å². The topological polar surface area (TPSA) is 154 Å². The summed E-state index contributed by atoms with van der Waals surface area (Å²) in [6, 6.07) is 14.3. The molecule has 0 atom stereocenters. The van der Waals surface area contributed by atoms with Crippen molar-refractivity contribution in [3.8, 4) is 17.5 Å². The molecule has 172 valence electrons.